The van der Waals surface area contributed by atoms with Gasteiger partial charge in [0, 0.05) is 6.23 Å². The summed E-state index contributed by atoms with van der Waals surface area (Å²) in [7, 11) is -0.0104. The molecule has 2 aliphatic rings. The molecule has 0 amide bonds. The van der Waals surface area contributed by atoms with E-state index in [2.05, 4.69) is 6.92 Å². The minimum Gasteiger partial charge on any atom is -0.382 e. The van der Waals surface area contributed by atoms with Gasteiger partial charge in [-0.2, -0.15) is 13.2 Å². The molecule has 0 aliphatic heterocycles. The number of hydrogen-bond donors (Lipinski definition) is 0. The molecule has 176 valence electrons. The Morgan fingerprint density at radius 2 is 1.39 bits per heavy atom. The summed E-state index contributed by atoms with van der Waals surface area (Å²) < 4.78 is 72.2. The van der Waals surface area contributed by atoms with E-state index in [1.54, 1.807) is 0 Å². The molecule has 2 saturated carbocycles. The van der Waals surface area contributed by atoms with E-state index in [0.717, 1.165) is 50.0 Å². The van der Waals surface area contributed by atoms with E-state index in [9.17, 15) is 22.0 Å². The lowest BCUT2D eigenvalue weighted by molar-refractivity contribution is -0.142. The highest BCUT2D eigenvalue weighted by molar-refractivity contribution is 6.34. The normalized spacial score (nSPS) is 27.8. The largest absolute Gasteiger partial charge is 0.422 e. The molecular weight excluding hydrogens is 427 g/mol. The van der Waals surface area contributed by atoms with E-state index in [4.69, 9.17) is 4.74 Å². The Kier molecular flexibility index (Phi) is 8.97. The molecule has 0 saturated heterocycles. The minimum absolute atomic E-state index is 0.0104. The van der Waals surface area contributed by atoms with Crippen LogP contribution in [0.1, 0.15) is 88.2 Å². The van der Waals surface area contributed by atoms with Crippen molar-refractivity contribution < 1.29 is 26.7 Å². The number of benzene rings is 1. The molecule has 1 aromatic carbocycles. The second-order valence-corrected chi connectivity index (χ2v) is 11.6. The van der Waals surface area contributed by atoms with Crippen LogP contribution in [0.4, 0.5) is 22.0 Å². The van der Waals surface area contributed by atoms with Crippen molar-refractivity contribution >= 4 is 9.52 Å². The highest BCUT2D eigenvalue weighted by Gasteiger charge is 2.38. The topological polar surface area (TPSA) is 9.23 Å². The monoisotopic (exact) mass is 462 g/mol. The maximum Gasteiger partial charge on any atom is 0.422 e. The van der Waals surface area contributed by atoms with Crippen molar-refractivity contribution in [2.75, 3.05) is 6.23 Å². The second-order valence-electron chi connectivity index (χ2n) is 9.52. The fourth-order valence-electron chi connectivity index (χ4n) is 5.34. The van der Waals surface area contributed by atoms with Gasteiger partial charge in [0.25, 0.3) is 0 Å². The van der Waals surface area contributed by atoms with Gasteiger partial charge in [0.05, 0.1) is 15.6 Å². The summed E-state index contributed by atoms with van der Waals surface area (Å²) in [5, 5.41) is 0. The molecule has 0 aromatic heterocycles. The highest BCUT2D eigenvalue weighted by Crippen LogP contribution is 2.41. The first-order chi connectivity index (χ1) is 14.8. The van der Waals surface area contributed by atoms with E-state index >= 15 is 0 Å². The number of hydrogen-bond acceptors (Lipinski definition) is 1. The zero-order valence-electron chi connectivity index (χ0n) is 18.5. The van der Waals surface area contributed by atoms with Crippen LogP contribution in [0.2, 0.25) is 6.04 Å². The lowest BCUT2D eigenvalue weighted by atomic mass is 9.75. The zero-order chi connectivity index (χ0) is 22.4. The molecule has 0 spiro atoms. The van der Waals surface area contributed by atoms with Gasteiger partial charge >= 0.3 is 6.18 Å². The second kappa shape index (κ2) is 11.3. The van der Waals surface area contributed by atoms with Crippen molar-refractivity contribution in [2.24, 2.45) is 11.8 Å². The van der Waals surface area contributed by atoms with E-state index in [-0.39, 0.29) is 15.4 Å². The first-order valence-electron chi connectivity index (χ1n) is 12.0. The SMILES string of the molecule is CC[SiH2]CO[C@H]1CC[C@H](CCC2CCC(c3cc(F)c(C(F)(F)F)c(F)c3)CC2)CC1. The van der Waals surface area contributed by atoms with E-state index in [1.807, 2.05) is 0 Å². The molecule has 0 radical (unpaired) electrons. The van der Waals surface area contributed by atoms with Crippen LogP contribution < -0.4 is 0 Å². The van der Waals surface area contributed by atoms with E-state index < -0.39 is 23.4 Å². The average Bonchev–Trinajstić information content (AvgIpc) is 2.72. The summed E-state index contributed by atoms with van der Waals surface area (Å²) in [6.07, 6.45) is 7.29. The molecule has 3 rings (SSSR count). The molecule has 31 heavy (non-hydrogen) atoms. The Morgan fingerprint density at radius 1 is 0.871 bits per heavy atom. The van der Waals surface area contributed by atoms with Crippen LogP contribution in [0.5, 0.6) is 0 Å². The third kappa shape index (κ3) is 7.01. The van der Waals surface area contributed by atoms with Crippen LogP contribution in [0.25, 0.3) is 0 Å². The Labute approximate surface area is 185 Å². The van der Waals surface area contributed by atoms with Crippen LogP contribution in [0.3, 0.4) is 0 Å². The van der Waals surface area contributed by atoms with Crippen LogP contribution in [-0.2, 0) is 10.9 Å². The summed E-state index contributed by atoms with van der Waals surface area (Å²) in [4.78, 5) is 0. The number of halogens is 5. The van der Waals surface area contributed by atoms with Crippen molar-refractivity contribution in [1.29, 1.82) is 0 Å². The molecule has 0 heterocycles. The first-order valence-corrected chi connectivity index (χ1v) is 14.0. The smallest absolute Gasteiger partial charge is 0.382 e. The summed E-state index contributed by atoms with van der Waals surface area (Å²) in [5.74, 6) is -1.66. The van der Waals surface area contributed by atoms with Crippen molar-refractivity contribution in [3.05, 3.63) is 34.9 Å². The Balaban J connectivity index is 1.41. The maximum atomic E-state index is 13.9. The standard InChI is InChI=1S/C24H35F5OSi/c1-2-31-15-30-20-11-7-17(8-12-20)4-3-16-5-9-18(10-6-16)19-13-21(25)23(22(26)14-19)24(27,28)29/h13-14,16-18,20H,2-12,15,31H2,1H3/t16?,17-,18?,20-. The molecule has 2 fully saturated rings. The van der Waals surface area contributed by atoms with Crippen molar-refractivity contribution in [3.63, 3.8) is 0 Å². The van der Waals surface area contributed by atoms with Gasteiger partial charge in [0.1, 0.15) is 17.2 Å². The van der Waals surface area contributed by atoms with Crippen LogP contribution in [0.15, 0.2) is 12.1 Å². The summed E-state index contributed by atoms with van der Waals surface area (Å²) in [6, 6.07) is 3.08. The lowest BCUT2D eigenvalue weighted by Crippen LogP contribution is -2.24. The predicted molar refractivity (Wildman–Crippen MR) is 116 cm³/mol. The van der Waals surface area contributed by atoms with Gasteiger partial charge in [-0.15, -0.1) is 0 Å². The fourth-order valence-corrected chi connectivity index (χ4v) is 6.13. The minimum atomic E-state index is -5.01. The van der Waals surface area contributed by atoms with Gasteiger partial charge < -0.3 is 4.74 Å². The lowest BCUT2D eigenvalue weighted by Gasteiger charge is -2.32. The molecule has 0 atom stereocenters. The van der Waals surface area contributed by atoms with E-state index in [1.165, 1.54) is 44.6 Å². The van der Waals surface area contributed by atoms with Crippen molar-refractivity contribution in [1.82, 2.24) is 0 Å². The van der Waals surface area contributed by atoms with Crippen molar-refractivity contribution in [2.45, 2.75) is 95.4 Å². The molecule has 2 aliphatic carbocycles. The number of rotatable bonds is 8. The summed E-state index contributed by atoms with van der Waals surface area (Å²) in [6.45, 7) is 2.24. The third-order valence-corrected chi connectivity index (χ3v) is 8.53. The Morgan fingerprint density at radius 3 is 1.87 bits per heavy atom. The highest BCUT2D eigenvalue weighted by atomic mass is 28.2. The molecule has 0 unspecified atom stereocenters. The maximum absolute atomic E-state index is 13.9. The van der Waals surface area contributed by atoms with Crippen LogP contribution in [-0.4, -0.2) is 21.9 Å². The van der Waals surface area contributed by atoms with Gasteiger partial charge in [-0.05, 0) is 86.8 Å². The molecule has 0 bridgehead atoms. The third-order valence-electron chi connectivity index (χ3n) is 7.29. The van der Waals surface area contributed by atoms with E-state index in [0.29, 0.717) is 17.6 Å². The molecular formula is C24H35F5OSi. The van der Waals surface area contributed by atoms with Gasteiger partial charge in [-0.25, -0.2) is 8.78 Å². The molecule has 7 heteroatoms. The van der Waals surface area contributed by atoms with Crippen molar-refractivity contribution in [3.8, 4) is 0 Å². The molecule has 1 nitrogen and oxygen atoms in total. The van der Waals surface area contributed by atoms with Gasteiger partial charge in [0.15, 0.2) is 0 Å². The average molecular weight is 463 g/mol. The summed E-state index contributed by atoms with van der Waals surface area (Å²) >= 11 is 0. The number of alkyl halides is 3. The molecule has 0 N–H and O–H groups in total. The quantitative estimate of drug-likeness (QED) is 0.226. The predicted octanol–water partition coefficient (Wildman–Crippen LogP) is 7.18. The Bertz CT molecular complexity index is 669. The van der Waals surface area contributed by atoms with Gasteiger partial charge in [-0.1, -0.05) is 25.8 Å². The fraction of sp³-hybridized carbons (Fsp3) is 0.750. The summed E-state index contributed by atoms with van der Waals surface area (Å²) in [5.41, 5.74) is -1.41. The van der Waals surface area contributed by atoms with Crippen LogP contribution in [0, 0.1) is 23.5 Å². The molecule has 1 aromatic rings. The Hall–Kier alpha value is -0.953. The van der Waals surface area contributed by atoms with Gasteiger partial charge in [-0.3, -0.25) is 0 Å². The van der Waals surface area contributed by atoms with Crippen LogP contribution >= 0.6 is 0 Å². The first kappa shape index (κ1) is 24.7. The number of ether oxygens (including phenoxy) is 1. The van der Waals surface area contributed by atoms with Gasteiger partial charge in [0.2, 0.25) is 0 Å². The zero-order valence-corrected chi connectivity index (χ0v) is 19.9.